The van der Waals surface area contributed by atoms with E-state index >= 15 is 0 Å². The summed E-state index contributed by atoms with van der Waals surface area (Å²) in [7, 11) is -2.44. The van der Waals surface area contributed by atoms with Gasteiger partial charge in [-0.1, -0.05) is 24.8 Å². The number of aromatic nitrogens is 2. The second-order valence-electron chi connectivity index (χ2n) is 6.53. The maximum absolute atomic E-state index is 11.6. The third kappa shape index (κ3) is 7.24. The molecule has 152 valence electrons. The van der Waals surface area contributed by atoms with Crippen molar-refractivity contribution in [3.8, 4) is 0 Å². The number of methoxy groups -OCH3 is 1. The summed E-state index contributed by atoms with van der Waals surface area (Å²) in [6.45, 7) is 7.80. The van der Waals surface area contributed by atoms with E-state index in [-0.39, 0.29) is 17.8 Å². The topological polar surface area (TPSA) is 111 Å². The van der Waals surface area contributed by atoms with E-state index in [1.165, 1.54) is 32.4 Å². The fraction of sp³-hybridized carbons (Fsp3) is 0.421. The first-order chi connectivity index (χ1) is 13.2. The zero-order valence-corrected chi connectivity index (χ0v) is 16.9. The van der Waals surface area contributed by atoms with Crippen LogP contribution in [-0.2, 0) is 25.5 Å². The van der Waals surface area contributed by atoms with Crippen LogP contribution in [0.15, 0.2) is 47.8 Å². The summed E-state index contributed by atoms with van der Waals surface area (Å²) in [5.41, 5.74) is 1.48. The van der Waals surface area contributed by atoms with Gasteiger partial charge in [0, 0.05) is 18.8 Å². The number of aryl methyl sites for hydroxylation is 1. The molecular weight excluding hydrogens is 382 g/mol. The SMILES string of the molecule is C=C(/C=C\C=N\C(=C)C(CCc1nc(C(=O)OC)c[nH]1)OS(C)(=O)=O)C1CC1. The quantitative estimate of drug-likeness (QED) is 0.261. The molecule has 1 aliphatic carbocycles. The van der Waals surface area contributed by atoms with Crippen LogP contribution in [0, 0.1) is 5.92 Å². The van der Waals surface area contributed by atoms with E-state index in [2.05, 4.69) is 32.9 Å². The van der Waals surface area contributed by atoms with Gasteiger partial charge in [0.15, 0.2) is 5.69 Å². The Labute approximate surface area is 165 Å². The smallest absolute Gasteiger partial charge is 0.358 e. The number of carbonyl (C=O) groups excluding carboxylic acids is 1. The Morgan fingerprint density at radius 1 is 1.46 bits per heavy atom. The first kappa shape index (κ1) is 21.8. The fourth-order valence-corrected chi connectivity index (χ4v) is 3.06. The van der Waals surface area contributed by atoms with Crippen LogP contribution in [-0.4, -0.2) is 50.0 Å². The molecular formula is C19H25N3O5S. The summed E-state index contributed by atoms with van der Waals surface area (Å²) >= 11 is 0. The average Bonchev–Trinajstić information content (AvgIpc) is 3.38. The largest absolute Gasteiger partial charge is 0.464 e. The lowest BCUT2D eigenvalue weighted by atomic mass is 10.1. The van der Waals surface area contributed by atoms with E-state index in [0.29, 0.717) is 18.2 Å². The first-order valence-electron chi connectivity index (χ1n) is 8.78. The number of aliphatic imine (C=N–C) groups is 1. The van der Waals surface area contributed by atoms with Crippen molar-refractivity contribution in [1.82, 2.24) is 9.97 Å². The van der Waals surface area contributed by atoms with Gasteiger partial charge in [0.2, 0.25) is 0 Å². The van der Waals surface area contributed by atoms with Crippen LogP contribution in [0.2, 0.25) is 0 Å². The highest BCUT2D eigenvalue weighted by atomic mass is 32.2. The maximum atomic E-state index is 11.6. The van der Waals surface area contributed by atoms with Gasteiger partial charge in [-0.05, 0) is 31.3 Å². The summed E-state index contributed by atoms with van der Waals surface area (Å²) in [5, 5.41) is 0. The Hall–Kier alpha value is -2.52. The molecule has 1 atom stereocenters. The Kier molecular flexibility index (Phi) is 7.47. The van der Waals surface area contributed by atoms with Crippen LogP contribution in [0.4, 0.5) is 0 Å². The van der Waals surface area contributed by atoms with Crippen molar-refractivity contribution in [3.63, 3.8) is 0 Å². The van der Waals surface area contributed by atoms with E-state index in [1.807, 2.05) is 6.08 Å². The number of hydrogen-bond acceptors (Lipinski definition) is 7. The molecule has 28 heavy (non-hydrogen) atoms. The van der Waals surface area contributed by atoms with Crippen LogP contribution in [0.25, 0.3) is 0 Å². The van der Waals surface area contributed by atoms with Crippen molar-refractivity contribution in [2.45, 2.75) is 31.8 Å². The second kappa shape index (κ2) is 9.61. The summed E-state index contributed by atoms with van der Waals surface area (Å²) in [6, 6.07) is 0. The molecule has 1 saturated carbocycles. The number of H-pyrrole nitrogens is 1. The van der Waals surface area contributed by atoms with Crippen LogP contribution in [0.5, 0.6) is 0 Å². The molecule has 1 N–H and O–H groups in total. The molecule has 0 saturated heterocycles. The zero-order chi connectivity index (χ0) is 20.7. The summed E-state index contributed by atoms with van der Waals surface area (Å²) in [5.74, 6) is 0.511. The van der Waals surface area contributed by atoms with Gasteiger partial charge >= 0.3 is 5.97 Å². The number of esters is 1. The highest BCUT2D eigenvalue weighted by Crippen LogP contribution is 2.35. The van der Waals surface area contributed by atoms with E-state index in [1.54, 1.807) is 6.08 Å². The lowest BCUT2D eigenvalue weighted by molar-refractivity contribution is 0.0594. The van der Waals surface area contributed by atoms with E-state index in [9.17, 15) is 13.2 Å². The molecule has 0 radical (unpaired) electrons. The molecule has 1 aromatic heterocycles. The summed E-state index contributed by atoms with van der Waals surface area (Å²) in [6.07, 6.45) is 9.65. The number of rotatable bonds is 11. The highest BCUT2D eigenvalue weighted by Gasteiger charge is 2.22. The predicted molar refractivity (Wildman–Crippen MR) is 107 cm³/mol. The fourth-order valence-electron chi connectivity index (χ4n) is 2.43. The lowest BCUT2D eigenvalue weighted by Crippen LogP contribution is -2.20. The Balaban J connectivity index is 1.97. The molecule has 0 spiro atoms. The Bertz CT molecular complexity index is 894. The number of carbonyl (C=O) groups is 1. The monoisotopic (exact) mass is 407 g/mol. The standard InChI is InChI=1S/C19H25N3O5S/c1-13(15-7-8-15)6-5-11-20-14(2)17(27-28(4,24)25)9-10-18-21-12-16(22-18)19(23)26-3/h5-6,11-12,15,17H,1-2,7-10H2,3-4H3,(H,21,22)/b6-5-,20-11+. The number of allylic oxidation sites excluding steroid dienone is 3. The van der Waals surface area contributed by atoms with Gasteiger partial charge in [-0.25, -0.2) is 9.78 Å². The van der Waals surface area contributed by atoms with Crippen LogP contribution >= 0.6 is 0 Å². The summed E-state index contributed by atoms with van der Waals surface area (Å²) < 4.78 is 32.8. The van der Waals surface area contributed by atoms with Gasteiger partial charge < -0.3 is 9.72 Å². The highest BCUT2D eigenvalue weighted by molar-refractivity contribution is 7.86. The Morgan fingerprint density at radius 3 is 2.79 bits per heavy atom. The zero-order valence-electron chi connectivity index (χ0n) is 16.1. The van der Waals surface area contributed by atoms with E-state index in [0.717, 1.165) is 11.8 Å². The van der Waals surface area contributed by atoms with Crippen molar-refractivity contribution < 1.29 is 22.1 Å². The molecule has 0 bridgehead atoms. The van der Waals surface area contributed by atoms with Crippen LogP contribution in [0.1, 0.15) is 35.6 Å². The molecule has 1 aliphatic rings. The number of nitrogens with zero attached hydrogens (tertiary/aromatic N) is 2. The van der Waals surface area contributed by atoms with Gasteiger partial charge in [-0.15, -0.1) is 0 Å². The maximum Gasteiger partial charge on any atom is 0.358 e. The number of aromatic amines is 1. The minimum Gasteiger partial charge on any atom is -0.464 e. The third-order valence-corrected chi connectivity index (χ3v) is 4.65. The predicted octanol–water partition coefficient (Wildman–Crippen LogP) is 2.58. The van der Waals surface area contributed by atoms with Gasteiger partial charge in [-0.3, -0.25) is 9.18 Å². The number of ether oxygens (including phenoxy) is 1. The molecule has 0 aromatic carbocycles. The molecule has 9 heteroatoms. The molecule has 0 amide bonds. The van der Waals surface area contributed by atoms with Crippen LogP contribution < -0.4 is 0 Å². The van der Waals surface area contributed by atoms with Gasteiger partial charge in [0.1, 0.15) is 11.9 Å². The molecule has 2 rings (SSSR count). The molecule has 1 fully saturated rings. The molecule has 1 aromatic rings. The van der Waals surface area contributed by atoms with Crippen molar-refractivity contribution in [3.05, 3.63) is 54.3 Å². The average molecular weight is 407 g/mol. The van der Waals surface area contributed by atoms with Crippen LogP contribution in [0.3, 0.4) is 0 Å². The third-order valence-electron chi connectivity index (χ3n) is 4.07. The molecule has 0 aliphatic heterocycles. The van der Waals surface area contributed by atoms with E-state index < -0.39 is 22.2 Å². The summed E-state index contributed by atoms with van der Waals surface area (Å²) in [4.78, 5) is 22.6. The van der Waals surface area contributed by atoms with Crippen molar-refractivity contribution >= 4 is 22.3 Å². The normalized spacial score (nSPS) is 15.8. The number of imidazole rings is 1. The van der Waals surface area contributed by atoms with Gasteiger partial charge in [0.25, 0.3) is 10.1 Å². The minimum atomic E-state index is -3.70. The molecule has 8 nitrogen and oxygen atoms in total. The van der Waals surface area contributed by atoms with E-state index in [4.69, 9.17) is 4.18 Å². The first-order valence-corrected chi connectivity index (χ1v) is 10.6. The Morgan fingerprint density at radius 2 is 2.18 bits per heavy atom. The van der Waals surface area contributed by atoms with Crippen molar-refractivity contribution in [2.24, 2.45) is 10.9 Å². The van der Waals surface area contributed by atoms with Gasteiger partial charge in [0.05, 0.1) is 19.1 Å². The minimum absolute atomic E-state index is 0.149. The molecule has 1 unspecified atom stereocenters. The molecule has 1 heterocycles. The lowest BCUT2D eigenvalue weighted by Gasteiger charge is -2.15. The number of nitrogens with one attached hydrogen (secondary N) is 1. The van der Waals surface area contributed by atoms with Gasteiger partial charge in [-0.2, -0.15) is 8.42 Å². The second-order valence-corrected chi connectivity index (χ2v) is 8.13. The van der Waals surface area contributed by atoms with Crippen molar-refractivity contribution in [1.29, 1.82) is 0 Å². The number of hydrogen-bond donors (Lipinski definition) is 1. The van der Waals surface area contributed by atoms with Crippen molar-refractivity contribution in [2.75, 3.05) is 13.4 Å².